The first-order valence-electron chi connectivity index (χ1n) is 5.25. The van der Waals surface area contributed by atoms with Crippen molar-refractivity contribution < 1.29 is 19.2 Å². The average molecular weight is 241 g/mol. The van der Waals surface area contributed by atoms with Crippen molar-refractivity contribution in [2.24, 2.45) is 0 Å². The Hall–Kier alpha value is -1.92. The van der Waals surface area contributed by atoms with Gasteiger partial charge in [-0.05, 0) is 6.42 Å². The third-order valence-corrected chi connectivity index (χ3v) is 2.49. The van der Waals surface area contributed by atoms with Crippen LogP contribution >= 0.6 is 0 Å². The van der Waals surface area contributed by atoms with E-state index in [1.54, 1.807) is 0 Å². The van der Waals surface area contributed by atoms with Crippen molar-refractivity contribution in [3.8, 4) is 0 Å². The summed E-state index contributed by atoms with van der Waals surface area (Å²) in [4.78, 5) is 45.8. The Morgan fingerprint density at radius 1 is 1.47 bits per heavy atom. The van der Waals surface area contributed by atoms with Gasteiger partial charge in [0, 0.05) is 20.4 Å². The Balaban J connectivity index is 2.43. The average Bonchev–Trinajstić information content (AvgIpc) is 2.22. The van der Waals surface area contributed by atoms with Gasteiger partial charge < -0.3 is 10.2 Å². The lowest BCUT2D eigenvalue weighted by atomic mass is 10.1. The fraction of sp³-hybridized carbons (Fsp3) is 0.600. The number of carbonyl (C=O) groups is 4. The number of hydrogen-bond donors (Lipinski definition) is 2. The number of nitrogens with one attached hydrogen (secondary N) is 2. The molecule has 0 aromatic carbocycles. The smallest absolute Gasteiger partial charge is 0.249 e. The van der Waals surface area contributed by atoms with Crippen LogP contribution in [0.5, 0.6) is 0 Å². The summed E-state index contributed by atoms with van der Waals surface area (Å²) in [6.07, 6.45) is 0.499. The van der Waals surface area contributed by atoms with Gasteiger partial charge in [0.25, 0.3) is 0 Å². The second-order valence-corrected chi connectivity index (χ2v) is 3.95. The van der Waals surface area contributed by atoms with Gasteiger partial charge in [0.2, 0.25) is 23.6 Å². The van der Waals surface area contributed by atoms with E-state index in [4.69, 9.17) is 0 Å². The van der Waals surface area contributed by atoms with Crippen LogP contribution in [-0.2, 0) is 19.2 Å². The minimum absolute atomic E-state index is 0.104. The molecule has 1 heterocycles. The second kappa shape index (κ2) is 5.42. The SMILES string of the molecule is CC(=O)N(C)CC(=O)NC1CCC(=O)NC1=O. The van der Waals surface area contributed by atoms with Crippen LogP contribution in [0.1, 0.15) is 19.8 Å². The van der Waals surface area contributed by atoms with Gasteiger partial charge in [0.1, 0.15) is 6.04 Å². The van der Waals surface area contributed by atoms with Crippen molar-refractivity contribution in [2.45, 2.75) is 25.8 Å². The lowest BCUT2D eigenvalue weighted by Gasteiger charge is -2.23. The number of hydrogen-bond acceptors (Lipinski definition) is 4. The van der Waals surface area contributed by atoms with Gasteiger partial charge in [-0.2, -0.15) is 0 Å². The van der Waals surface area contributed by atoms with E-state index in [1.165, 1.54) is 18.9 Å². The van der Waals surface area contributed by atoms with Crippen LogP contribution in [0.2, 0.25) is 0 Å². The largest absolute Gasteiger partial charge is 0.343 e. The van der Waals surface area contributed by atoms with Crippen LogP contribution in [0.15, 0.2) is 0 Å². The third kappa shape index (κ3) is 3.86. The summed E-state index contributed by atoms with van der Waals surface area (Å²) in [7, 11) is 1.49. The molecule has 4 amide bonds. The Kier molecular flexibility index (Phi) is 4.19. The summed E-state index contributed by atoms with van der Waals surface area (Å²) in [5.74, 6) is -1.48. The fourth-order valence-electron chi connectivity index (χ4n) is 1.40. The molecule has 0 aliphatic carbocycles. The monoisotopic (exact) mass is 241 g/mol. The summed E-state index contributed by atoms with van der Waals surface area (Å²) in [5, 5.41) is 4.62. The van der Waals surface area contributed by atoms with Gasteiger partial charge in [0.15, 0.2) is 0 Å². The zero-order valence-electron chi connectivity index (χ0n) is 9.78. The maximum Gasteiger partial charge on any atom is 0.249 e. The molecule has 2 N–H and O–H groups in total. The minimum atomic E-state index is -0.694. The summed E-state index contributed by atoms with van der Waals surface area (Å²) < 4.78 is 0. The van der Waals surface area contributed by atoms with Crippen molar-refractivity contribution >= 4 is 23.6 Å². The van der Waals surface area contributed by atoms with Gasteiger partial charge in [0.05, 0.1) is 6.54 Å². The molecule has 0 radical (unpaired) electrons. The molecule has 0 aromatic heterocycles. The molecule has 1 unspecified atom stereocenters. The number of carbonyl (C=O) groups excluding carboxylic acids is 4. The van der Waals surface area contributed by atoms with E-state index in [2.05, 4.69) is 10.6 Å². The van der Waals surface area contributed by atoms with Crippen molar-refractivity contribution in [3.05, 3.63) is 0 Å². The maximum absolute atomic E-state index is 11.5. The summed E-state index contributed by atoms with van der Waals surface area (Å²) >= 11 is 0. The van der Waals surface area contributed by atoms with E-state index in [1.807, 2.05) is 0 Å². The number of likely N-dealkylation sites (N-methyl/N-ethyl adjacent to an activating group) is 1. The van der Waals surface area contributed by atoms with Crippen LogP contribution in [-0.4, -0.2) is 48.2 Å². The number of piperidine rings is 1. The molecule has 1 aliphatic rings. The molecule has 1 fully saturated rings. The van der Waals surface area contributed by atoms with E-state index >= 15 is 0 Å². The lowest BCUT2D eigenvalue weighted by molar-refractivity contribution is -0.138. The molecular weight excluding hydrogens is 226 g/mol. The predicted octanol–water partition coefficient (Wildman–Crippen LogP) is -1.61. The van der Waals surface area contributed by atoms with Crippen molar-refractivity contribution in [1.29, 1.82) is 0 Å². The molecule has 0 spiro atoms. The highest BCUT2D eigenvalue weighted by Crippen LogP contribution is 2.03. The van der Waals surface area contributed by atoms with Gasteiger partial charge in [-0.15, -0.1) is 0 Å². The molecule has 0 bridgehead atoms. The number of nitrogens with zero attached hydrogens (tertiary/aromatic N) is 1. The van der Waals surface area contributed by atoms with Gasteiger partial charge in [-0.3, -0.25) is 24.5 Å². The van der Waals surface area contributed by atoms with Crippen LogP contribution in [0.25, 0.3) is 0 Å². The van der Waals surface area contributed by atoms with E-state index in [9.17, 15) is 19.2 Å². The molecule has 1 rings (SSSR count). The van der Waals surface area contributed by atoms with Crippen molar-refractivity contribution in [1.82, 2.24) is 15.5 Å². The van der Waals surface area contributed by atoms with Crippen LogP contribution < -0.4 is 10.6 Å². The minimum Gasteiger partial charge on any atom is -0.343 e. The zero-order valence-corrected chi connectivity index (χ0v) is 9.78. The summed E-state index contributed by atoms with van der Waals surface area (Å²) in [6, 6.07) is -0.694. The van der Waals surface area contributed by atoms with Gasteiger partial charge >= 0.3 is 0 Å². The van der Waals surface area contributed by atoms with Crippen LogP contribution in [0.3, 0.4) is 0 Å². The molecular formula is C10H15N3O4. The van der Waals surface area contributed by atoms with Gasteiger partial charge in [-0.1, -0.05) is 0 Å². The molecule has 0 saturated carbocycles. The molecule has 17 heavy (non-hydrogen) atoms. The first-order valence-corrected chi connectivity index (χ1v) is 5.25. The van der Waals surface area contributed by atoms with E-state index in [0.29, 0.717) is 6.42 Å². The highest BCUT2D eigenvalue weighted by atomic mass is 16.2. The third-order valence-electron chi connectivity index (χ3n) is 2.49. The first-order chi connectivity index (χ1) is 7.90. The summed E-state index contributed by atoms with van der Waals surface area (Å²) in [6.45, 7) is 1.24. The normalized spacial score (nSPS) is 19.5. The molecule has 7 nitrogen and oxygen atoms in total. The number of imide groups is 1. The molecule has 7 heteroatoms. The molecule has 1 saturated heterocycles. The van der Waals surface area contributed by atoms with Crippen molar-refractivity contribution in [2.75, 3.05) is 13.6 Å². The number of rotatable bonds is 3. The molecule has 94 valence electrons. The Labute approximate surface area is 98.5 Å². The quantitative estimate of drug-likeness (QED) is 0.581. The first kappa shape index (κ1) is 13.1. The topological polar surface area (TPSA) is 95.6 Å². The van der Waals surface area contributed by atoms with Crippen molar-refractivity contribution in [3.63, 3.8) is 0 Å². The Morgan fingerprint density at radius 3 is 2.65 bits per heavy atom. The Morgan fingerprint density at radius 2 is 2.12 bits per heavy atom. The fourth-order valence-corrected chi connectivity index (χ4v) is 1.40. The number of amides is 4. The van der Waals surface area contributed by atoms with E-state index in [0.717, 1.165) is 0 Å². The second-order valence-electron chi connectivity index (χ2n) is 3.95. The highest BCUT2D eigenvalue weighted by molar-refractivity contribution is 6.01. The predicted molar refractivity (Wildman–Crippen MR) is 57.6 cm³/mol. The van der Waals surface area contributed by atoms with E-state index < -0.39 is 17.9 Å². The van der Waals surface area contributed by atoms with Crippen LogP contribution in [0.4, 0.5) is 0 Å². The summed E-state index contributed by atoms with van der Waals surface area (Å²) in [5.41, 5.74) is 0. The highest BCUT2D eigenvalue weighted by Gasteiger charge is 2.27. The van der Waals surface area contributed by atoms with Gasteiger partial charge in [-0.25, -0.2) is 0 Å². The zero-order chi connectivity index (χ0) is 13.0. The molecule has 1 aliphatic heterocycles. The maximum atomic E-state index is 11.5. The Bertz CT molecular complexity index is 367. The van der Waals surface area contributed by atoms with Crippen LogP contribution in [0, 0.1) is 0 Å². The molecule has 1 atom stereocenters. The molecule has 0 aromatic rings. The lowest BCUT2D eigenvalue weighted by Crippen LogP contribution is -2.53. The standard InChI is InChI=1S/C10H15N3O4/c1-6(14)13(2)5-9(16)11-7-3-4-8(15)12-10(7)17/h7H,3-5H2,1-2H3,(H,11,16)(H,12,15,17). The van der Waals surface area contributed by atoms with E-state index in [-0.39, 0.29) is 24.8 Å².